The lowest BCUT2D eigenvalue weighted by atomic mass is 10.0. The van der Waals surface area contributed by atoms with Gasteiger partial charge >= 0.3 is 0 Å². The predicted octanol–water partition coefficient (Wildman–Crippen LogP) is 3.25. The quantitative estimate of drug-likeness (QED) is 0.898. The lowest BCUT2D eigenvalue weighted by Crippen LogP contribution is -2.34. The van der Waals surface area contributed by atoms with E-state index in [1.807, 2.05) is 4.90 Å². The molecule has 0 bridgehead atoms. The van der Waals surface area contributed by atoms with Gasteiger partial charge in [-0.1, -0.05) is 27.7 Å². The maximum atomic E-state index is 12.5. The summed E-state index contributed by atoms with van der Waals surface area (Å²) in [6.45, 7) is 9.47. The largest absolute Gasteiger partial charge is 0.321 e. The van der Waals surface area contributed by atoms with Crippen LogP contribution < -0.4 is 5.32 Å². The topological polar surface area (TPSA) is 32.3 Å². The first kappa shape index (κ1) is 14.5. The molecule has 2 heterocycles. The predicted molar refractivity (Wildman–Crippen MR) is 80.0 cm³/mol. The lowest BCUT2D eigenvalue weighted by Gasteiger charge is -2.25. The van der Waals surface area contributed by atoms with Crippen molar-refractivity contribution >= 4 is 17.2 Å². The van der Waals surface area contributed by atoms with Crippen LogP contribution in [-0.2, 0) is 4.79 Å². The number of carbonyl (C=O) groups is 1. The summed E-state index contributed by atoms with van der Waals surface area (Å²) in [4.78, 5) is 14.6. The van der Waals surface area contributed by atoms with Gasteiger partial charge in [0, 0.05) is 6.54 Å². The van der Waals surface area contributed by atoms with E-state index < -0.39 is 0 Å². The molecule has 3 nitrogen and oxygen atoms in total. The van der Waals surface area contributed by atoms with E-state index in [9.17, 15) is 4.79 Å². The van der Waals surface area contributed by atoms with Gasteiger partial charge in [-0.2, -0.15) is 11.3 Å². The number of thiophene rings is 1. The van der Waals surface area contributed by atoms with E-state index in [4.69, 9.17) is 0 Å². The second kappa shape index (κ2) is 6.06. The Bertz CT molecular complexity index is 414. The third-order valence-electron chi connectivity index (χ3n) is 3.38. The Morgan fingerprint density at radius 2 is 2.05 bits per heavy atom. The molecule has 106 valence electrons. The normalized spacial score (nSPS) is 23.9. The molecule has 1 N–H and O–H groups in total. The Morgan fingerprint density at radius 3 is 2.58 bits per heavy atom. The highest BCUT2D eigenvalue weighted by Gasteiger charge is 2.39. The van der Waals surface area contributed by atoms with Gasteiger partial charge in [0.2, 0.25) is 5.91 Å². The molecule has 0 saturated carbocycles. The highest BCUT2D eigenvalue weighted by atomic mass is 32.1. The number of nitrogens with zero attached hydrogens (tertiary/aromatic N) is 1. The van der Waals surface area contributed by atoms with Crippen LogP contribution in [0.25, 0.3) is 0 Å². The van der Waals surface area contributed by atoms with Crippen molar-refractivity contribution in [2.24, 2.45) is 11.8 Å². The molecule has 4 heteroatoms. The fraction of sp³-hybridized carbons (Fsp3) is 0.667. The van der Waals surface area contributed by atoms with E-state index in [-0.39, 0.29) is 18.1 Å². The Hall–Kier alpha value is -0.870. The van der Waals surface area contributed by atoms with Crippen molar-refractivity contribution in [2.45, 2.75) is 46.3 Å². The maximum Gasteiger partial charge on any atom is 0.241 e. The van der Waals surface area contributed by atoms with Crippen LogP contribution >= 0.6 is 11.3 Å². The minimum absolute atomic E-state index is 0.0244. The van der Waals surface area contributed by atoms with E-state index in [1.165, 1.54) is 5.56 Å². The second-order valence-corrected chi connectivity index (χ2v) is 6.97. The molecule has 1 aliphatic heterocycles. The third kappa shape index (κ3) is 3.37. The zero-order valence-corrected chi connectivity index (χ0v) is 13.0. The smallest absolute Gasteiger partial charge is 0.241 e. The van der Waals surface area contributed by atoms with Gasteiger partial charge in [-0.25, -0.2) is 0 Å². The summed E-state index contributed by atoms with van der Waals surface area (Å²) in [5.74, 6) is 1.28. The van der Waals surface area contributed by atoms with Gasteiger partial charge in [0.1, 0.15) is 6.17 Å². The van der Waals surface area contributed by atoms with E-state index in [1.54, 1.807) is 11.3 Å². The molecule has 2 atom stereocenters. The van der Waals surface area contributed by atoms with Gasteiger partial charge in [0.25, 0.3) is 0 Å². The first-order valence-electron chi connectivity index (χ1n) is 7.07. The van der Waals surface area contributed by atoms with E-state index >= 15 is 0 Å². The summed E-state index contributed by atoms with van der Waals surface area (Å²) in [7, 11) is 0. The molecular formula is C15H24N2OS. The summed E-state index contributed by atoms with van der Waals surface area (Å²) in [5, 5.41) is 7.72. The lowest BCUT2D eigenvalue weighted by molar-refractivity contribution is -0.130. The molecular weight excluding hydrogens is 256 g/mol. The molecule has 0 aromatic carbocycles. The fourth-order valence-corrected chi connectivity index (χ4v) is 3.29. The van der Waals surface area contributed by atoms with Gasteiger partial charge in [0.05, 0.1) is 6.04 Å². The highest BCUT2D eigenvalue weighted by Crippen LogP contribution is 2.29. The standard InChI is InChI=1S/C15H24N2OS/c1-10(2)7-13-15(18)17(8-11(3)4)14(16-13)12-5-6-19-9-12/h5-6,9-11,13-14,16H,7-8H2,1-4H3. The zero-order chi connectivity index (χ0) is 14.0. The summed E-state index contributed by atoms with van der Waals surface area (Å²) in [5.41, 5.74) is 1.21. The number of nitrogens with one attached hydrogen (secondary N) is 1. The molecule has 1 amide bonds. The molecule has 2 unspecified atom stereocenters. The maximum absolute atomic E-state index is 12.5. The molecule has 19 heavy (non-hydrogen) atoms. The Kier molecular flexibility index (Phi) is 4.63. The summed E-state index contributed by atoms with van der Waals surface area (Å²) >= 11 is 1.69. The summed E-state index contributed by atoms with van der Waals surface area (Å²) in [6.07, 6.45) is 0.971. The average molecular weight is 280 g/mol. The molecule has 1 saturated heterocycles. The van der Waals surface area contributed by atoms with Crippen molar-refractivity contribution < 1.29 is 4.79 Å². The van der Waals surface area contributed by atoms with Crippen LogP contribution in [0.3, 0.4) is 0 Å². The number of rotatable bonds is 5. The van der Waals surface area contributed by atoms with Gasteiger partial charge in [0.15, 0.2) is 0 Å². The van der Waals surface area contributed by atoms with Crippen molar-refractivity contribution in [1.82, 2.24) is 10.2 Å². The van der Waals surface area contributed by atoms with Crippen LogP contribution in [-0.4, -0.2) is 23.4 Å². The second-order valence-electron chi connectivity index (χ2n) is 6.19. The van der Waals surface area contributed by atoms with Crippen LogP contribution in [0.2, 0.25) is 0 Å². The van der Waals surface area contributed by atoms with Gasteiger partial charge in [-0.05, 0) is 40.6 Å². The van der Waals surface area contributed by atoms with Crippen molar-refractivity contribution in [1.29, 1.82) is 0 Å². The third-order valence-corrected chi connectivity index (χ3v) is 4.08. The van der Waals surface area contributed by atoms with Gasteiger partial charge < -0.3 is 4.90 Å². The van der Waals surface area contributed by atoms with Crippen molar-refractivity contribution in [3.05, 3.63) is 22.4 Å². The fourth-order valence-electron chi connectivity index (χ4n) is 2.62. The van der Waals surface area contributed by atoms with Crippen molar-refractivity contribution in [2.75, 3.05) is 6.54 Å². The van der Waals surface area contributed by atoms with Gasteiger partial charge in [-0.3, -0.25) is 10.1 Å². The van der Waals surface area contributed by atoms with Crippen LogP contribution in [0.1, 0.15) is 45.8 Å². The van der Waals surface area contributed by atoms with Crippen LogP contribution in [0.5, 0.6) is 0 Å². The first-order valence-corrected chi connectivity index (χ1v) is 8.02. The number of hydrogen-bond donors (Lipinski definition) is 1. The van der Waals surface area contributed by atoms with Crippen molar-refractivity contribution in [3.63, 3.8) is 0 Å². The first-order chi connectivity index (χ1) is 8.99. The molecule has 0 radical (unpaired) electrons. The van der Waals surface area contributed by atoms with Crippen LogP contribution in [0.4, 0.5) is 0 Å². The average Bonchev–Trinajstić information content (AvgIpc) is 2.91. The molecule has 0 aliphatic carbocycles. The molecule has 1 aromatic rings. The molecule has 0 spiro atoms. The molecule has 1 aromatic heterocycles. The van der Waals surface area contributed by atoms with E-state index in [0.717, 1.165) is 13.0 Å². The van der Waals surface area contributed by atoms with E-state index in [0.29, 0.717) is 11.8 Å². The summed E-state index contributed by atoms with van der Waals surface area (Å²) < 4.78 is 0. The van der Waals surface area contributed by atoms with Gasteiger partial charge in [-0.15, -0.1) is 0 Å². The minimum Gasteiger partial charge on any atom is -0.321 e. The minimum atomic E-state index is -0.0244. The monoisotopic (exact) mass is 280 g/mol. The molecule has 1 aliphatic rings. The van der Waals surface area contributed by atoms with Crippen molar-refractivity contribution in [3.8, 4) is 0 Å². The number of hydrogen-bond acceptors (Lipinski definition) is 3. The number of amides is 1. The molecule has 2 rings (SSSR count). The molecule has 1 fully saturated rings. The highest BCUT2D eigenvalue weighted by molar-refractivity contribution is 7.07. The Morgan fingerprint density at radius 1 is 1.32 bits per heavy atom. The van der Waals surface area contributed by atoms with E-state index in [2.05, 4.69) is 49.8 Å². The Balaban J connectivity index is 2.18. The summed E-state index contributed by atoms with van der Waals surface area (Å²) in [6, 6.07) is 2.09. The van der Waals surface area contributed by atoms with Crippen LogP contribution in [0, 0.1) is 11.8 Å². The Labute approximate surface area is 120 Å². The number of carbonyl (C=O) groups excluding carboxylic acids is 1. The SMILES string of the molecule is CC(C)CC1NC(c2ccsc2)N(CC(C)C)C1=O. The zero-order valence-electron chi connectivity index (χ0n) is 12.2. The van der Waals surface area contributed by atoms with Crippen LogP contribution in [0.15, 0.2) is 16.8 Å².